The Morgan fingerprint density at radius 1 is 0.840 bits per heavy atom. The van der Waals surface area contributed by atoms with Crippen molar-refractivity contribution < 1.29 is 27.5 Å². The normalized spacial score (nSPS) is 17.4. The summed E-state index contributed by atoms with van der Waals surface area (Å²) in [4.78, 5) is 2.77. The molecule has 0 aliphatic heterocycles. The van der Waals surface area contributed by atoms with Crippen LogP contribution in [-0.4, -0.2) is 54.0 Å². The summed E-state index contributed by atoms with van der Waals surface area (Å²) in [6.07, 6.45) is -0.941. The molecular weight excluding hydrogens is 346 g/mol. The fourth-order valence-electron chi connectivity index (χ4n) is 2.24. The first kappa shape index (κ1) is 24.3. The molecule has 0 aliphatic carbocycles. The van der Waals surface area contributed by atoms with E-state index in [1.165, 1.54) is 0 Å². The van der Waals surface area contributed by atoms with Gasteiger partial charge >= 0.3 is 8.80 Å². The molecule has 0 radical (unpaired) electrons. The molecule has 0 aliphatic rings. The van der Waals surface area contributed by atoms with E-state index in [1.807, 2.05) is 20.8 Å². The van der Waals surface area contributed by atoms with Gasteiger partial charge in [0.2, 0.25) is 0 Å². The quantitative estimate of drug-likeness (QED) is 0.101. The Morgan fingerprint density at radius 2 is 1.24 bits per heavy atom. The first-order valence-electron chi connectivity index (χ1n) is 8.82. The van der Waals surface area contributed by atoms with E-state index in [0.29, 0.717) is 38.8 Å². The average Bonchev–Trinajstić information content (AvgIpc) is 2.52. The van der Waals surface area contributed by atoms with E-state index >= 15 is 0 Å². The third kappa shape index (κ3) is 11.5. The lowest BCUT2D eigenvalue weighted by Gasteiger charge is -2.35. The Morgan fingerprint density at radius 3 is 1.56 bits per heavy atom. The molecule has 148 valence electrons. The first-order valence-corrected chi connectivity index (χ1v) is 10.7. The SMILES string of the molecule is CCOC(C)O[Si](CCCN=[N+]=[N-])(OC(C)OCC)OC(C)OCC. The highest BCUT2D eigenvalue weighted by molar-refractivity contribution is 6.60. The van der Waals surface area contributed by atoms with Crippen molar-refractivity contribution in [2.45, 2.75) is 72.9 Å². The Kier molecular flexibility index (Phi) is 14.0. The zero-order valence-corrected chi connectivity index (χ0v) is 17.3. The van der Waals surface area contributed by atoms with Crippen LogP contribution in [0.4, 0.5) is 0 Å². The van der Waals surface area contributed by atoms with Gasteiger partial charge in [-0.3, -0.25) is 0 Å². The van der Waals surface area contributed by atoms with Crippen molar-refractivity contribution in [2.75, 3.05) is 26.4 Å². The summed E-state index contributed by atoms with van der Waals surface area (Å²) in [5.41, 5.74) is 8.46. The minimum atomic E-state index is -3.20. The Bertz CT molecular complexity index is 348. The van der Waals surface area contributed by atoms with Crippen LogP contribution in [0.25, 0.3) is 10.4 Å². The van der Waals surface area contributed by atoms with E-state index in [1.54, 1.807) is 20.8 Å². The summed E-state index contributed by atoms with van der Waals surface area (Å²) in [6.45, 7) is 12.9. The van der Waals surface area contributed by atoms with Crippen LogP contribution in [-0.2, 0) is 27.5 Å². The molecule has 0 aromatic heterocycles. The second-order valence-electron chi connectivity index (χ2n) is 5.16. The minimum Gasteiger partial charge on any atom is -0.354 e. The van der Waals surface area contributed by atoms with Crippen LogP contribution in [0.1, 0.15) is 48.0 Å². The van der Waals surface area contributed by atoms with Gasteiger partial charge in [-0.25, -0.2) is 0 Å². The van der Waals surface area contributed by atoms with Crippen LogP contribution >= 0.6 is 0 Å². The van der Waals surface area contributed by atoms with E-state index in [9.17, 15) is 0 Å². The maximum atomic E-state index is 8.46. The van der Waals surface area contributed by atoms with Gasteiger partial charge in [-0.15, -0.1) is 0 Å². The topological polar surface area (TPSA) is 104 Å². The molecule has 9 nitrogen and oxygen atoms in total. The number of hydrogen-bond acceptors (Lipinski definition) is 7. The molecular formula is C15H33N3O6Si. The van der Waals surface area contributed by atoms with Gasteiger partial charge in [0.05, 0.1) is 0 Å². The summed E-state index contributed by atoms with van der Waals surface area (Å²) in [7, 11) is -3.20. The highest BCUT2D eigenvalue weighted by atomic mass is 28.4. The Hall–Kier alpha value is -0.713. The molecule has 3 unspecified atom stereocenters. The molecule has 0 N–H and O–H groups in total. The highest BCUT2D eigenvalue weighted by Gasteiger charge is 2.46. The fourth-order valence-corrected chi connectivity index (χ4v) is 5.07. The third-order valence-corrected chi connectivity index (χ3v) is 6.08. The lowest BCUT2D eigenvalue weighted by Crippen LogP contribution is -2.52. The van der Waals surface area contributed by atoms with Gasteiger partial charge in [0.1, 0.15) is 18.9 Å². The molecule has 0 amide bonds. The summed E-state index contributed by atoms with van der Waals surface area (Å²) in [5.74, 6) is 0. The fraction of sp³-hybridized carbons (Fsp3) is 1.00. The molecule has 0 aromatic carbocycles. The second-order valence-corrected chi connectivity index (χ2v) is 7.74. The summed E-state index contributed by atoms with van der Waals surface area (Å²) < 4.78 is 34.7. The van der Waals surface area contributed by atoms with Crippen molar-refractivity contribution >= 4 is 8.80 Å². The number of nitrogens with zero attached hydrogens (tertiary/aromatic N) is 3. The lowest BCUT2D eigenvalue weighted by molar-refractivity contribution is -0.176. The Labute approximate surface area is 151 Å². The summed E-state index contributed by atoms with van der Waals surface area (Å²) in [5, 5.41) is 3.56. The molecule has 25 heavy (non-hydrogen) atoms. The third-order valence-electron chi connectivity index (χ3n) is 3.05. The summed E-state index contributed by atoms with van der Waals surface area (Å²) in [6, 6.07) is 0.457. The van der Waals surface area contributed by atoms with Crippen LogP contribution in [0.5, 0.6) is 0 Å². The maximum absolute atomic E-state index is 8.46. The van der Waals surface area contributed by atoms with Crippen molar-refractivity contribution in [1.29, 1.82) is 0 Å². The molecule has 0 saturated carbocycles. The first-order chi connectivity index (χ1) is 11.9. The van der Waals surface area contributed by atoms with Gasteiger partial charge < -0.3 is 27.5 Å². The van der Waals surface area contributed by atoms with Crippen molar-refractivity contribution in [1.82, 2.24) is 0 Å². The number of ether oxygens (including phenoxy) is 3. The summed E-state index contributed by atoms with van der Waals surface area (Å²) >= 11 is 0. The van der Waals surface area contributed by atoms with Gasteiger partial charge in [-0.1, -0.05) is 5.11 Å². The van der Waals surface area contributed by atoms with Crippen molar-refractivity contribution in [3.05, 3.63) is 10.4 Å². The van der Waals surface area contributed by atoms with Gasteiger partial charge in [0.15, 0.2) is 0 Å². The maximum Gasteiger partial charge on any atom is 0.506 e. The van der Waals surface area contributed by atoms with Gasteiger partial charge in [-0.05, 0) is 53.5 Å². The zero-order valence-electron chi connectivity index (χ0n) is 16.3. The Balaban J connectivity index is 5.27. The standard InChI is InChI=1S/C15H33N3O6Si/c1-7-19-13(4)22-25(12-10-11-17-18-16,23-14(5)20-8-2)24-15(6)21-9-3/h13-15H,7-12H2,1-6H3. The van der Waals surface area contributed by atoms with Crippen LogP contribution in [0.3, 0.4) is 0 Å². The molecule has 0 rings (SSSR count). The van der Waals surface area contributed by atoms with E-state index in [-0.39, 0.29) is 0 Å². The van der Waals surface area contributed by atoms with Crippen LogP contribution < -0.4 is 0 Å². The van der Waals surface area contributed by atoms with E-state index in [4.69, 9.17) is 33.0 Å². The highest BCUT2D eigenvalue weighted by Crippen LogP contribution is 2.25. The molecule has 0 heterocycles. The van der Waals surface area contributed by atoms with Crippen LogP contribution in [0, 0.1) is 0 Å². The van der Waals surface area contributed by atoms with Gasteiger partial charge in [0.25, 0.3) is 0 Å². The molecule has 10 heteroatoms. The van der Waals surface area contributed by atoms with E-state index in [2.05, 4.69) is 10.0 Å². The van der Waals surface area contributed by atoms with E-state index in [0.717, 1.165) is 0 Å². The zero-order chi connectivity index (χ0) is 19.1. The van der Waals surface area contributed by atoms with Gasteiger partial charge in [-0.2, -0.15) is 0 Å². The minimum absolute atomic E-state index is 0.330. The molecule has 0 saturated heterocycles. The molecule has 0 aromatic rings. The van der Waals surface area contributed by atoms with Crippen molar-refractivity contribution in [3.63, 3.8) is 0 Å². The lowest BCUT2D eigenvalue weighted by atomic mass is 10.5. The monoisotopic (exact) mass is 379 g/mol. The van der Waals surface area contributed by atoms with Gasteiger partial charge in [0, 0.05) is 37.3 Å². The number of hydrogen-bond donors (Lipinski definition) is 0. The number of rotatable bonds is 16. The second kappa shape index (κ2) is 14.5. The molecule has 0 fully saturated rings. The van der Waals surface area contributed by atoms with Crippen molar-refractivity contribution in [2.24, 2.45) is 5.11 Å². The van der Waals surface area contributed by atoms with Crippen molar-refractivity contribution in [3.8, 4) is 0 Å². The predicted octanol–water partition coefficient (Wildman–Crippen LogP) is 3.82. The van der Waals surface area contributed by atoms with E-state index < -0.39 is 27.7 Å². The molecule has 0 spiro atoms. The predicted molar refractivity (Wildman–Crippen MR) is 95.7 cm³/mol. The largest absolute Gasteiger partial charge is 0.506 e. The molecule has 0 bridgehead atoms. The average molecular weight is 380 g/mol. The van der Waals surface area contributed by atoms with Crippen LogP contribution in [0.2, 0.25) is 6.04 Å². The van der Waals surface area contributed by atoms with Crippen LogP contribution in [0.15, 0.2) is 5.11 Å². The number of azide groups is 1. The molecule has 3 atom stereocenters. The smallest absolute Gasteiger partial charge is 0.354 e.